The van der Waals surface area contributed by atoms with E-state index in [0.29, 0.717) is 0 Å². The summed E-state index contributed by atoms with van der Waals surface area (Å²) < 4.78 is 0. The number of rotatable bonds is 9. The molecule has 0 amide bonds. The third-order valence-corrected chi connectivity index (χ3v) is 2.98. The number of hydrogen-bond donors (Lipinski definition) is 1. The fraction of sp³-hybridized carbons (Fsp3) is 0.714. The molecule has 0 atom stereocenters. The number of unbranched alkanes of at least 4 members (excludes halogenated alkanes) is 1. The predicted octanol–water partition coefficient (Wildman–Crippen LogP) is 2.08. The highest BCUT2D eigenvalue weighted by atomic mass is 15.2. The van der Waals surface area contributed by atoms with Crippen molar-refractivity contribution in [3.8, 4) is 0 Å². The molecule has 5 heteroatoms. The van der Waals surface area contributed by atoms with Crippen LogP contribution in [0, 0.1) is 0 Å². The van der Waals surface area contributed by atoms with Gasteiger partial charge in [-0.3, -0.25) is 0 Å². The topological polar surface area (TPSA) is 44.3 Å². The van der Waals surface area contributed by atoms with Crippen LogP contribution in [0.2, 0.25) is 0 Å². The normalized spacial score (nSPS) is 10.8. The molecule has 19 heavy (non-hydrogen) atoms. The number of aromatic nitrogens is 2. The van der Waals surface area contributed by atoms with Gasteiger partial charge in [-0.15, -0.1) is 0 Å². The largest absolute Gasteiger partial charge is 0.370 e. The minimum absolute atomic E-state index is 0.909. The van der Waals surface area contributed by atoms with E-state index in [1.807, 2.05) is 6.07 Å². The third-order valence-electron chi connectivity index (χ3n) is 2.98. The molecule has 0 aliphatic rings. The molecule has 108 valence electrons. The summed E-state index contributed by atoms with van der Waals surface area (Å²) in [6.45, 7) is 5.26. The van der Waals surface area contributed by atoms with E-state index in [-0.39, 0.29) is 0 Å². The van der Waals surface area contributed by atoms with Gasteiger partial charge in [0.2, 0.25) is 0 Å². The summed E-state index contributed by atoms with van der Waals surface area (Å²) in [7, 11) is 6.25. The van der Waals surface area contributed by atoms with Crippen molar-refractivity contribution >= 4 is 11.6 Å². The van der Waals surface area contributed by atoms with Crippen LogP contribution in [0.5, 0.6) is 0 Å². The molecule has 1 N–H and O–H groups in total. The van der Waals surface area contributed by atoms with Crippen LogP contribution in [0.1, 0.15) is 26.2 Å². The average Bonchev–Trinajstić information content (AvgIpc) is 2.41. The van der Waals surface area contributed by atoms with Gasteiger partial charge in [0.1, 0.15) is 18.0 Å². The van der Waals surface area contributed by atoms with Gasteiger partial charge in [0.25, 0.3) is 0 Å². The first kappa shape index (κ1) is 15.7. The van der Waals surface area contributed by atoms with Gasteiger partial charge in [-0.05, 0) is 33.5 Å². The molecular weight excluding hydrogens is 238 g/mol. The molecule has 0 radical (unpaired) electrons. The van der Waals surface area contributed by atoms with Crippen molar-refractivity contribution in [3.63, 3.8) is 0 Å². The Balaban J connectivity index is 2.43. The monoisotopic (exact) mass is 265 g/mol. The minimum atomic E-state index is 0.909. The van der Waals surface area contributed by atoms with E-state index in [4.69, 9.17) is 0 Å². The minimum Gasteiger partial charge on any atom is -0.370 e. The van der Waals surface area contributed by atoms with Gasteiger partial charge in [-0.25, -0.2) is 9.97 Å². The fourth-order valence-corrected chi connectivity index (χ4v) is 1.77. The number of nitrogens with one attached hydrogen (secondary N) is 1. The Hall–Kier alpha value is -1.36. The zero-order valence-electron chi connectivity index (χ0n) is 12.7. The van der Waals surface area contributed by atoms with E-state index in [0.717, 1.165) is 37.7 Å². The molecule has 0 saturated carbocycles. The van der Waals surface area contributed by atoms with Gasteiger partial charge < -0.3 is 15.1 Å². The molecule has 0 spiro atoms. The zero-order chi connectivity index (χ0) is 14.1. The van der Waals surface area contributed by atoms with Crippen LogP contribution in [-0.4, -0.2) is 55.6 Å². The van der Waals surface area contributed by atoms with Crippen LogP contribution in [0.3, 0.4) is 0 Å². The second kappa shape index (κ2) is 8.69. The van der Waals surface area contributed by atoms with E-state index >= 15 is 0 Å². The lowest BCUT2D eigenvalue weighted by atomic mass is 10.3. The van der Waals surface area contributed by atoms with Gasteiger partial charge in [0.15, 0.2) is 0 Å². The van der Waals surface area contributed by atoms with Crippen molar-refractivity contribution < 1.29 is 0 Å². The lowest BCUT2D eigenvalue weighted by Crippen LogP contribution is -2.20. The maximum absolute atomic E-state index is 4.32. The standard InChI is InChI=1S/C14H27N5/c1-5-6-10-19(4)14-11-13(16-12-17-14)15-8-7-9-18(2)3/h11-12H,5-10H2,1-4H3,(H,15,16,17). The molecule has 0 aliphatic heterocycles. The summed E-state index contributed by atoms with van der Waals surface area (Å²) in [5.41, 5.74) is 0. The first-order valence-electron chi connectivity index (χ1n) is 7.05. The summed E-state index contributed by atoms with van der Waals surface area (Å²) in [4.78, 5) is 12.9. The van der Waals surface area contributed by atoms with E-state index in [1.165, 1.54) is 12.8 Å². The van der Waals surface area contributed by atoms with Crippen LogP contribution >= 0.6 is 0 Å². The Labute approximate surface area is 117 Å². The number of hydrogen-bond acceptors (Lipinski definition) is 5. The highest BCUT2D eigenvalue weighted by molar-refractivity contribution is 5.47. The van der Waals surface area contributed by atoms with Gasteiger partial charge in [-0.2, -0.15) is 0 Å². The van der Waals surface area contributed by atoms with Gasteiger partial charge in [0, 0.05) is 26.2 Å². The molecule has 0 aromatic carbocycles. The van der Waals surface area contributed by atoms with Crippen molar-refractivity contribution in [1.29, 1.82) is 0 Å². The van der Waals surface area contributed by atoms with Crippen molar-refractivity contribution in [2.75, 3.05) is 51.0 Å². The van der Waals surface area contributed by atoms with Crippen LogP contribution in [-0.2, 0) is 0 Å². The van der Waals surface area contributed by atoms with E-state index in [1.54, 1.807) is 6.33 Å². The van der Waals surface area contributed by atoms with Crippen LogP contribution in [0.4, 0.5) is 11.6 Å². The Bertz CT molecular complexity index is 353. The SMILES string of the molecule is CCCCN(C)c1cc(NCCCN(C)C)ncn1. The molecule has 5 nitrogen and oxygen atoms in total. The van der Waals surface area contributed by atoms with Gasteiger partial charge >= 0.3 is 0 Å². The first-order valence-corrected chi connectivity index (χ1v) is 7.05. The second-order valence-corrected chi connectivity index (χ2v) is 5.12. The van der Waals surface area contributed by atoms with Gasteiger partial charge in [0.05, 0.1) is 0 Å². The summed E-state index contributed by atoms with van der Waals surface area (Å²) in [6, 6.07) is 2.02. The molecule has 1 aromatic rings. The molecule has 0 saturated heterocycles. The van der Waals surface area contributed by atoms with E-state index in [9.17, 15) is 0 Å². The molecule has 0 aliphatic carbocycles. The number of nitrogens with zero attached hydrogens (tertiary/aromatic N) is 4. The summed E-state index contributed by atoms with van der Waals surface area (Å²) >= 11 is 0. The Kier molecular flexibility index (Phi) is 7.18. The van der Waals surface area contributed by atoms with Crippen molar-refractivity contribution in [3.05, 3.63) is 12.4 Å². The van der Waals surface area contributed by atoms with Gasteiger partial charge in [-0.1, -0.05) is 13.3 Å². The van der Waals surface area contributed by atoms with Crippen LogP contribution < -0.4 is 10.2 Å². The average molecular weight is 265 g/mol. The molecule has 0 unspecified atom stereocenters. The lowest BCUT2D eigenvalue weighted by Gasteiger charge is -2.18. The van der Waals surface area contributed by atoms with Crippen LogP contribution in [0.15, 0.2) is 12.4 Å². The van der Waals surface area contributed by atoms with E-state index in [2.05, 4.69) is 53.2 Å². The molecule has 0 fully saturated rings. The van der Waals surface area contributed by atoms with Crippen molar-refractivity contribution in [2.24, 2.45) is 0 Å². The van der Waals surface area contributed by atoms with Crippen molar-refractivity contribution in [2.45, 2.75) is 26.2 Å². The summed E-state index contributed by atoms with van der Waals surface area (Å²) in [5.74, 6) is 1.89. The molecule has 0 bridgehead atoms. The highest BCUT2D eigenvalue weighted by Gasteiger charge is 2.03. The Morgan fingerprint density at radius 1 is 1.11 bits per heavy atom. The molecule has 1 heterocycles. The third kappa shape index (κ3) is 6.38. The lowest BCUT2D eigenvalue weighted by molar-refractivity contribution is 0.405. The zero-order valence-corrected chi connectivity index (χ0v) is 12.7. The van der Waals surface area contributed by atoms with E-state index < -0.39 is 0 Å². The summed E-state index contributed by atoms with van der Waals surface area (Å²) in [6.07, 6.45) is 5.13. The maximum Gasteiger partial charge on any atom is 0.133 e. The second-order valence-electron chi connectivity index (χ2n) is 5.12. The maximum atomic E-state index is 4.32. The molecule has 1 aromatic heterocycles. The quantitative estimate of drug-likeness (QED) is 0.693. The molecular formula is C14H27N5. The smallest absolute Gasteiger partial charge is 0.133 e. The fourth-order valence-electron chi connectivity index (χ4n) is 1.77. The first-order chi connectivity index (χ1) is 9.13. The summed E-state index contributed by atoms with van der Waals surface area (Å²) in [5, 5.41) is 3.35. The highest BCUT2D eigenvalue weighted by Crippen LogP contribution is 2.13. The van der Waals surface area contributed by atoms with Crippen LogP contribution in [0.25, 0.3) is 0 Å². The van der Waals surface area contributed by atoms with Crippen molar-refractivity contribution in [1.82, 2.24) is 14.9 Å². The Morgan fingerprint density at radius 3 is 2.58 bits per heavy atom. The predicted molar refractivity (Wildman–Crippen MR) is 81.9 cm³/mol. The number of anilines is 2. The Morgan fingerprint density at radius 2 is 1.89 bits per heavy atom. The molecule has 1 rings (SSSR count).